The number of benzene rings is 2. The summed E-state index contributed by atoms with van der Waals surface area (Å²) >= 11 is 5.84. The van der Waals surface area contributed by atoms with Crippen LogP contribution in [0.2, 0.25) is 5.02 Å². The van der Waals surface area contributed by atoms with Gasteiger partial charge in [0.2, 0.25) is 0 Å². The van der Waals surface area contributed by atoms with E-state index >= 15 is 0 Å². The lowest BCUT2D eigenvalue weighted by Crippen LogP contribution is -2.34. The lowest BCUT2D eigenvalue weighted by atomic mass is 9.76. The molecule has 3 rings (SSSR count). The predicted octanol–water partition coefficient (Wildman–Crippen LogP) is 5.12. The van der Waals surface area contributed by atoms with Crippen molar-refractivity contribution in [3.05, 3.63) is 64.4 Å². The maximum Gasteiger partial charge on any atom is 0.194 e. The Balaban J connectivity index is 1.61. The molecule has 2 aromatic carbocycles. The van der Waals surface area contributed by atoms with Crippen molar-refractivity contribution in [1.82, 2.24) is 0 Å². The van der Waals surface area contributed by atoms with Gasteiger partial charge >= 0.3 is 0 Å². The van der Waals surface area contributed by atoms with Crippen LogP contribution in [0.15, 0.2) is 36.4 Å². The maximum atomic E-state index is 13.1. The molecule has 0 amide bonds. The Morgan fingerprint density at radius 3 is 2.10 bits per heavy atom. The molecule has 0 spiro atoms. The van der Waals surface area contributed by atoms with Crippen molar-refractivity contribution >= 4 is 17.3 Å². The lowest BCUT2D eigenvalue weighted by Gasteiger charge is -2.37. The fraction of sp³-hybridized carbons (Fsp3) is 0.250. The minimum Gasteiger partial charge on any atom is -0.382 e. The first-order valence-electron chi connectivity index (χ1n) is 6.69. The quantitative estimate of drug-likeness (QED) is 0.776. The van der Waals surface area contributed by atoms with E-state index in [1.165, 1.54) is 5.56 Å². The molecule has 0 atom stereocenters. The predicted molar refractivity (Wildman–Crippen MR) is 77.2 cm³/mol. The van der Waals surface area contributed by atoms with Gasteiger partial charge in [-0.3, -0.25) is 0 Å². The Morgan fingerprint density at radius 2 is 1.52 bits per heavy atom. The highest BCUT2D eigenvalue weighted by atomic mass is 35.5. The van der Waals surface area contributed by atoms with Crippen LogP contribution in [0.3, 0.4) is 0 Å². The van der Waals surface area contributed by atoms with Gasteiger partial charge in [0, 0.05) is 28.9 Å². The van der Waals surface area contributed by atoms with Crippen LogP contribution in [-0.4, -0.2) is 6.04 Å². The van der Waals surface area contributed by atoms with E-state index in [1.807, 2.05) is 24.3 Å². The first kappa shape index (κ1) is 14.3. The highest BCUT2D eigenvalue weighted by Gasteiger charge is 2.30. The molecule has 1 saturated carbocycles. The highest BCUT2D eigenvalue weighted by Crippen LogP contribution is 2.39. The van der Waals surface area contributed by atoms with Crippen molar-refractivity contribution in [2.75, 3.05) is 5.32 Å². The Morgan fingerprint density at radius 1 is 0.952 bits per heavy atom. The molecule has 0 aliphatic heterocycles. The summed E-state index contributed by atoms with van der Waals surface area (Å²) in [4.78, 5) is 0. The summed E-state index contributed by atoms with van der Waals surface area (Å²) in [6, 6.07) is 9.77. The smallest absolute Gasteiger partial charge is 0.194 e. The summed E-state index contributed by atoms with van der Waals surface area (Å²) < 4.78 is 39.1. The summed E-state index contributed by atoms with van der Waals surface area (Å²) in [5, 5.41) is 3.72. The van der Waals surface area contributed by atoms with Crippen molar-refractivity contribution in [3.8, 4) is 0 Å². The van der Waals surface area contributed by atoms with Crippen molar-refractivity contribution in [2.24, 2.45) is 0 Å². The second kappa shape index (κ2) is 5.60. The molecule has 1 nitrogen and oxygen atoms in total. The van der Waals surface area contributed by atoms with Gasteiger partial charge in [0.15, 0.2) is 17.5 Å². The average molecular weight is 312 g/mol. The van der Waals surface area contributed by atoms with E-state index in [2.05, 4.69) is 5.32 Å². The molecule has 2 aromatic rings. The topological polar surface area (TPSA) is 12.0 Å². The number of nitrogens with one attached hydrogen (secondary N) is 1. The SMILES string of the molecule is Fc1cc(NC2CC(c3ccc(Cl)cc3)C2)cc(F)c1F. The van der Waals surface area contributed by atoms with Crippen LogP contribution in [0.5, 0.6) is 0 Å². The summed E-state index contributed by atoms with van der Waals surface area (Å²) in [5.41, 5.74) is 1.47. The third-order valence-corrected chi connectivity index (χ3v) is 4.09. The normalized spacial score (nSPS) is 21.0. The Kier molecular flexibility index (Phi) is 3.81. The Labute approximate surface area is 125 Å². The molecule has 0 bridgehead atoms. The molecule has 1 aliphatic rings. The van der Waals surface area contributed by atoms with Gasteiger partial charge < -0.3 is 5.32 Å². The van der Waals surface area contributed by atoms with Gasteiger partial charge in [-0.15, -0.1) is 0 Å². The number of halogens is 4. The highest BCUT2D eigenvalue weighted by molar-refractivity contribution is 6.30. The molecule has 0 unspecified atom stereocenters. The summed E-state index contributed by atoms with van der Waals surface area (Å²) in [7, 11) is 0. The summed E-state index contributed by atoms with van der Waals surface area (Å²) in [6.07, 6.45) is 1.73. The van der Waals surface area contributed by atoms with E-state index < -0.39 is 17.5 Å². The molecular weight excluding hydrogens is 299 g/mol. The first-order chi connectivity index (χ1) is 10.0. The van der Waals surface area contributed by atoms with E-state index in [0.717, 1.165) is 25.0 Å². The van der Waals surface area contributed by atoms with Crippen molar-refractivity contribution < 1.29 is 13.2 Å². The molecule has 0 saturated heterocycles. The fourth-order valence-corrected chi connectivity index (χ4v) is 2.74. The number of anilines is 1. The number of hydrogen-bond acceptors (Lipinski definition) is 1. The fourth-order valence-electron chi connectivity index (χ4n) is 2.62. The zero-order chi connectivity index (χ0) is 15.0. The lowest BCUT2D eigenvalue weighted by molar-refractivity contribution is 0.373. The van der Waals surface area contributed by atoms with Crippen LogP contribution in [0, 0.1) is 17.5 Å². The number of hydrogen-bond donors (Lipinski definition) is 1. The Hall–Kier alpha value is -1.68. The van der Waals surface area contributed by atoms with Crippen molar-refractivity contribution in [2.45, 2.75) is 24.8 Å². The molecule has 1 fully saturated rings. The molecule has 0 radical (unpaired) electrons. The second-order valence-electron chi connectivity index (χ2n) is 5.32. The largest absolute Gasteiger partial charge is 0.382 e. The van der Waals surface area contributed by atoms with Gasteiger partial charge in [-0.25, -0.2) is 13.2 Å². The van der Waals surface area contributed by atoms with Crippen LogP contribution in [0.25, 0.3) is 0 Å². The van der Waals surface area contributed by atoms with Crippen LogP contribution >= 0.6 is 11.6 Å². The minimum absolute atomic E-state index is 0.134. The molecule has 0 aromatic heterocycles. The van der Waals surface area contributed by atoms with Crippen molar-refractivity contribution in [3.63, 3.8) is 0 Å². The van der Waals surface area contributed by atoms with Gasteiger partial charge in [-0.2, -0.15) is 0 Å². The Bertz CT molecular complexity index is 628. The monoisotopic (exact) mass is 311 g/mol. The molecule has 1 aliphatic carbocycles. The van der Waals surface area contributed by atoms with Gasteiger partial charge in [-0.05, 0) is 36.5 Å². The summed E-state index contributed by atoms with van der Waals surface area (Å²) in [6.45, 7) is 0. The van der Waals surface area contributed by atoms with Crippen LogP contribution < -0.4 is 5.32 Å². The maximum absolute atomic E-state index is 13.1. The third kappa shape index (κ3) is 3.00. The second-order valence-corrected chi connectivity index (χ2v) is 5.75. The molecule has 21 heavy (non-hydrogen) atoms. The van der Waals surface area contributed by atoms with Crippen LogP contribution in [-0.2, 0) is 0 Å². The summed E-state index contributed by atoms with van der Waals surface area (Å²) in [5.74, 6) is -3.37. The first-order valence-corrected chi connectivity index (χ1v) is 7.07. The van der Waals surface area contributed by atoms with Crippen molar-refractivity contribution in [1.29, 1.82) is 0 Å². The molecule has 5 heteroatoms. The van der Waals surface area contributed by atoms with Gasteiger partial charge in [0.1, 0.15) is 0 Å². The standard InChI is InChI=1S/C16H13ClF3N/c17-11-3-1-9(2-4-11)10-5-12(6-10)21-13-7-14(18)16(20)15(19)8-13/h1-4,7-8,10,12,21H,5-6H2. The van der Waals surface area contributed by atoms with E-state index in [9.17, 15) is 13.2 Å². The molecule has 1 N–H and O–H groups in total. The molecule has 0 heterocycles. The van der Waals surface area contributed by atoms with E-state index in [0.29, 0.717) is 10.9 Å². The van der Waals surface area contributed by atoms with E-state index in [-0.39, 0.29) is 11.7 Å². The molecule has 110 valence electrons. The minimum atomic E-state index is -1.44. The molecular formula is C16H13ClF3N. The van der Waals surface area contributed by atoms with E-state index in [4.69, 9.17) is 11.6 Å². The zero-order valence-electron chi connectivity index (χ0n) is 11.0. The van der Waals surface area contributed by atoms with Gasteiger partial charge in [0.25, 0.3) is 0 Å². The third-order valence-electron chi connectivity index (χ3n) is 3.83. The average Bonchev–Trinajstić information content (AvgIpc) is 2.41. The number of rotatable bonds is 3. The van der Waals surface area contributed by atoms with E-state index in [1.54, 1.807) is 0 Å². The zero-order valence-corrected chi connectivity index (χ0v) is 11.8. The van der Waals surface area contributed by atoms with Crippen LogP contribution in [0.1, 0.15) is 24.3 Å². The van der Waals surface area contributed by atoms with Gasteiger partial charge in [-0.1, -0.05) is 23.7 Å². The van der Waals surface area contributed by atoms with Crippen LogP contribution in [0.4, 0.5) is 18.9 Å². The van der Waals surface area contributed by atoms with Gasteiger partial charge in [0.05, 0.1) is 0 Å².